The lowest BCUT2D eigenvalue weighted by Gasteiger charge is -2.15. The average molecular weight is 368 g/mol. The number of hydrogen-bond donors (Lipinski definition) is 1. The molecule has 134 valence electrons. The van der Waals surface area contributed by atoms with E-state index in [1.54, 1.807) is 42.5 Å². The Hall–Kier alpha value is -2.55. The van der Waals surface area contributed by atoms with Gasteiger partial charge in [0.1, 0.15) is 11.5 Å². The van der Waals surface area contributed by atoms with Gasteiger partial charge in [-0.05, 0) is 72.9 Å². The zero-order valence-electron chi connectivity index (χ0n) is 15.0. The first kappa shape index (κ1) is 18.2. The maximum absolute atomic E-state index is 12.2. The van der Waals surface area contributed by atoms with E-state index in [4.69, 9.17) is 9.05 Å². The molecule has 0 aliphatic carbocycles. The minimum atomic E-state index is -4.25. The van der Waals surface area contributed by atoms with Crippen LogP contribution in [0, 0.1) is 20.8 Å². The summed E-state index contributed by atoms with van der Waals surface area (Å²) in [5.74, 6) is 0.553. The van der Waals surface area contributed by atoms with Crippen molar-refractivity contribution in [3.8, 4) is 22.6 Å². The Morgan fingerprint density at radius 3 is 1.92 bits per heavy atom. The fourth-order valence-electron chi connectivity index (χ4n) is 2.73. The van der Waals surface area contributed by atoms with Crippen LogP contribution in [0.4, 0.5) is 0 Å². The van der Waals surface area contributed by atoms with Crippen LogP contribution < -0.4 is 9.05 Å². The van der Waals surface area contributed by atoms with Crippen LogP contribution in [-0.4, -0.2) is 4.89 Å². The molecule has 3 rings (SSSR count). The van der Waals surface area contributed by atoms with Crippen molar-refractivity contribution in [1.29, 1.82) is 0 Å². The van der Waals surface area contributed by atoms with E-state index in [1.807, 2.05) is 12.1 Å². The van der Waals surface area contributed by atoms with Crippen molar-refractivity contribution in [2.45, 2.75) is 20.8 Å². The predicted molar refractivity (Wildman–Crippen MR) is 104 cm³/mol. The first-order chi connectivity index (χ1) is 12.4. The molecule has 0 saturated carbocycles. The van der Waals surface area contributed by atoms with E-state index in [-0.39, 0.29) is 11.5 Å². The van der Waals surface area contributed by atoms with Crippen molar-refractivity contribution in [2.75, 3.05) is 0 Å². The van der Waals surface area contributed by atoms with Gasteiger partial charge in [-0.2, -0.15) is 0 Å². The Balaban J connectivity index is 1.78. The van der Waals surface area contributed by atoms with E-state index < -0.39 is 7.82 Å². The molecular formula is C21H21O4P. The summed E-state index contributed by atoms with van der Waals surface area (Å²) in [6.45, 7) is 6.29. The minimum Gasteiger partial charge on any atom is -0.395 e. The molecule has 0 spiro atoms. The highest BCUT2D eigenvalue weighted by Crippen LogP contribution is 2.44. The molecule has 1 N–H and O–H groups in total. The Labute approximate surface area is 153 Å². The van der Waals surface area contributed by atoms with Gasteiger partial charge in [0.2, 0.25) is 0 Å². The highest BCUT2D eigenvalue weighted by Gasteiger charge is 2.25. The second-order valence-corrected chi connectivity index (χ2v) is 7.47. The fourth-order valence-corrected chi connectivity index (χ4v) is 3.54. The number of phosphoric ester groups is 1. The smallest absolute Gasteiger partial charge is 0.395 e. The maximum Gasteiger partial charge on any atom is 0.584 e. The normalized spacial score (nSPS) is 13.1. The van der Waals surface area contributed by atoms with Gasteiger partial charge in [0, 0.05) is 0 Å². The minimum absolute atomic E-state index is 0.275. The Kier molecular flexibility index (Phi) is 5.17. The van der Waals surface area contributed by atoms with Gasteiger partial charge in [0.05, 0.1) is 0 Å². The third-order valence-electron chi connectivity index (χ3n) is 4.41. The number of benzene rings is 3. The summed E-state index contributed by atoms with van der Waals surface area (Å²) in [6.07, 6.45) is 0. The summed E-state index contributed by atoms with van der Waals surface area (Å²) in [5.41, 5.74) is 5.89. The summed E-state index contributed by atoms with van der Waals surface area (Å²) in [4.78, 5) is 9.93. The average Bonchev–Trinajstić information content (AvgIpc) is 2.61. The number of rotatable bonds is 5. The second kappa shape index (κ2) is 7.36. The lowest BCUT2D eigenvalue weighted by Crippen LogP contribution is -1.99. The van der Waals surface area contributed by atoms with Gasteiger partial charge in [-0.15, -0.1) is 0 Å². The molecule has 4 nitrogen and oxygen atoms in total. The van der Waals surface area contributed by atoms with Crippen LogP contribution in [0.2, 0.25) is 0 Å². The van der Waals surface area contributed by atoms with Crippen molar-refractivity contribution < 1.29 is 18.5 Å². The summed E-state index contributed by atoms with van der Waals surface area (Å²) in [6, 6.07) is 19.7. The summed E-state index contributed by atoms with van der Waals surface area (Å²) >= 11 is 0. The van der Waals surface area contributed by atoms with Gasteiger partial charge < -0.3 is 9.05 Å². The lowest BCUT2D eigenvalue weighted by atomic mass is 9.94. The zero-order valence-corrected chi connectivity index (χ0v) is 15.9. The van der Waals surface area contributed by atoms with Crippen LogP contribution in [0.15, 0.2) is 66.7 Å². The Bertz CT molecular complexity index is 950. The van der Waals surface area contributed by atoms with Crippen LogP contribution in [-0.2, 0) is 4.57 Å². The van der Waals surface area contributed by atoms with Gasteiger partial charge in [0.25, 0.3) is 0 Å². The topological polar surface area (TPSA) is 55.8 Å². The van der Waals surface area contributed by atoms with Crippen molar-refractivity contribution in [3.05, 3.63) is 83.4 Å². The van der Waals surface area contributed by atoms with E-state index in [9.17, 15) is 9.46 Å². The second-order valence-electron chi connectivity index (χ2n) is 6.17. The van der Waals surface area contributed by atoms with E-state index in [0.29, 0.717) is 0 Å². The van der Waals surface area contributed by atoms with Crippen LogP contribution in [0.5, 0.6) is 11.5 Å². The molecule has 3 aromatic carbocycles. The lowest BCUT2D eigenvalue weighted by molar-refractivity contribution is 0.291. The molecule has 0 radical (unpaired) electrons. The van der Waals surface area contributed by atoms with Crippen LogP contribution in [0.25, 0.3) is 11.1 Å². The highest BCUT2D eigenvalue weighted by molar-refractivity contribution is 7.48. The van der Waals surface area contributed by atoms with Crippen LogP contribution in [0.1, 0.15) is 16.7 Å². The SMILES string of the molecule is Cc1ccc(-c2ccc(OP(=O)(O)Oc3ccccc3)cc2)c(C)c1C. The number of aryl methyl sites for hydroxylation is 1. The van der Waals surface area contributed by atoms with Crippen LogP contribution in [0.3, 0.4) is 0 Å². The van der Waals surface area contributed by atoms with Crippen molar-refractivity contribution >= 4 is 7.82 Å². The molecule has 26 heavy (non-hydrogen) atoms. The summed E-state index contributed by atoms with van der Waals surface area (Å²) in [5, 5.41) is 0. The molecule has 0 bridgehead atoms. The molecule has 5 heteroatoms. The third kappa shape index (κ3) is 4.16. The first-order valence-electron chi connectivity index (χ1n) is 8.30. The molecule has 0 aromatic heterocycles. The van der Waals surface area contributed by atoms with E-state index in [1.165, 1.54) is 16.7 Å². The Morgan fingerprint density at radius 1 is 0.731 bits per heavy atom. The van der Waals surface area contributed by atoms with Gasteiger partial charge in [-0.1, -0.05) is 42.5 Å². The molecule has 1 atom stereocenters. The van der Waals surface area contributed by atoms with Crippen molar-refractivity contribution in [1.82, 2.24) is 0 Å². The van der Waals surface area contributed by atoms with Gasteiger partial charge in [-0.25, -0.2) is 4.57 Å². The van der Waals surface area contributed by atoms with Gasteiger partial charge >= 0.3 is 7.82 Å². The molecule has 0 aliphatic heterocycles. The molecule has 0 aliphatic rings. The maximum atomic E-state index is 12.2. The molecule has 0 amide bonds. The van der Waals surface area contributed by atoms with E-state index in [2.05, 4.69) is 32.9 Å². The zero-order chi connectivity index (χ0) is 18.7. The Morgan fingerprint density at radius 2 is 1.31 bits per heavy atom. The van der Waals surface area contributed by atoms with Crippen molar-refractivity contribution in [3.63, 3.8) is 0 Å². The molecule has 1 unspecified atom stereocenters. The van der Waals surface area contributed by atoms with Gasteiger partial charge in [-0.3, -0.25) is 4.89 Å². The summed E-state index contributed by atoms with van der Waals surface area (Å²) in [7, 11) is -4.25. The molecule has 0 fully saturated rings. The van der Waals surface area contributed by atoms with E-state index >= 15 is 0 Å². The monoisotopic (exact) mass is 368 g/mol. The van der Waals surface area contributed by atoms with Gasteiger partial charge in [0.15, 0.2) is 0 Å². The summed E-state index contributed by atoms with van der Waals surface area (Å²) < 4.78 is 22.4. The number of para-hydroxylation sites is 1. The molecular weight excluding hydrogens is 347 g/mol. The van der Waals surface area contributed by atoms with E-state index in [0.717, 1.165) is 11.1 Å². The van der Waals surface area contributed by atoms with Crippen molar-refractivity contribution in [2.24, 2.45) is 0 Å². The number of phosphoric acid groups is 1. The number of hydrogen-bond acceptors (Lipinski definition) is 3. The van der Waals surface area contributed by atoms with Crippen LogP contribution >= 0.6 is 7.82 Å². The quantitative estimate of drug-likeness (QED) is 0.575. The largest absolute Gasteiger partial charge is 0.584 e. The molecule has 0 heterocycles. The predicted octanol–water partition coefficient (Wildman–Crippen LogP) is 5.84. The highest BCUT2D eigenvalue weighted by atomic mass is 31.2. The molecule has 3 aromatic rings. The third-order valence-corrected chi connectivity index (χ3v) is 5.29. The fraction of sp³-hybridized carbons (Fsp3) is 0.143. The first-order valence-corrected chi connectivity index (χ1v) is 9.79. The standard InChI is InChI=1S/C21H21O4P/c1-15-9-14-21(17(3)16(15)2)18-10-12-20(13-11-18)25-26(22,23)24-19-7-5-4-6-8-19/h4-14H,1-3H3,(H,22,23). The molecule has 0 saturated heterocycles.